The zero-order valence-electron chi connectivity index (χ0n) is 18.8. The van der Waals surface area contributed by atoms with Gasteiger partial charge in [-0.1, -0.05) is 72.8 Å². The van der Waals surface area contributed by atoms with Crippen molar-refractivity contribution in [3.63, 3.8) is 0 Å². The highest BCUT2D eigenvalue weighted by molar-refractivity contribution is 7.54. The average Bonchev–Trinajstić information content (AvgIpc) is 3.15. The third kappa shape index (κ3) is 4.74. The summed E-state index contributed by atoms with van der Waals surface area (Å²) in [6, 6.07) is 27.1. The summed E-state index contributed by atoms with van der Waals surface area (Å²) >= 11 is 1.70. The van der Waals surface area contributed by atoms with Crippen LogP contribution in [0.25, 0.3) is 21.2 Å². The van der Waals surface area contributed by atoms with Crippen LogP contribution in [0.2, 0.25) is 0 Å². The summed E-state index contributed by atoms with van der Waals surface area (Å²) in [4.78, 5) is 1.08. The maximum absolute atomic E-state index is 14.1. The zero-order chi connectivity index (χ0) is 22.6. The molecule has 1 aromatic heterocycles. The van der Waals surface area contributed by atoms with Gasteiger partial charge in [-0.15, -0.1) is 11.3 Å². The second-order valence-electron chi connectivity index (χ2n) is 7.75. The van der Waals surface area contributed by atoms with Crippen molar-refractivity contribution >= 4 is 29.0 Å². The molecule has 1 unspecified atom stereocenters. The maximum Gasteiger partial charge on any atom is 0.339 e. The number of fused-ring (bicyclic) bond motifs is 1. The van der Waals surface area contributed by atoms with Gasteiger partial charge in [-0.2, -0.15) is 0 Å². The topological polar surface area (TPSA) is 35.5 Å². The molecule has 0 amide bonds. The lowest BCUT2D eigenvalue weighted by molar-refractivity contribution is 0.212. The van der Waals surface area contributed by atoms with Crippen molar-refractivity contribution < 1.29 is 13.6 Å². The minimum absolute atomic E-state index is 0.349. The van der Waals surface area contributed by atoms with Crippen molar-refractivity contribution in [3.8, 4) is 11.1 Å². The Bertz CT molecular complexity index is 1220. The molecule has 0 spiro atoms. The molecule has 4 aromatic rings. The lowest BCUT2D eigenvalue weighted by atomic mass is 10.00. The number of benzene rings is 3. The molecule has 1 atom stereocenters. The minimum Gasteiger partial charge on any atom is -0.308 e. The molecule has 32 heavy (non-hydrogen) atoms. The summed E-state index contributed by atoms with van der Waals surface area (Å²) in [6.45, 7) is 6.56. The number of rotatable bonds is 9. The fourth-order valence-electron chi connectivity index (χ4n) is 4.17. The molecule has 0 saturated carbocycles. The van der Waals surface area contributed by atoms with E-state index in [0.29, 0.717) is 19.6 Å². The molecular formula is C27H29O3PS. The first-order valence-electron chi connectivity index (χ1n) is 11.1. The number of hydrogen-bond donors (Lipinski definition) is 0. The molecule has 0 fully saturated rings. The number of hydrogen-bond acceptors (Lipinski definition) is 4. The monoisotopic (exact) mass is 464 g/mol. The van der Waals surface area contributed by atoms with E-state index >= 15 is 0 Å². The largest absolute Gasteiger partial charge is 0.339 e. The Kier molecular flexibility index (Phi) is 7.27. The van der Waals surface area contributed by atoms with Gasteiger partial charge in [-0.3, -0.25) is 4.57 Å². The maximum atomic E-state index is 14.1. The number of aryl methyl sites for hydroxylation is 1. The zero-order valence-corrected chi connectivity index (χ0v) is 20.5. The smallest absolute Gasteiger partial charge is 0.308 e. The van der Waals surface area contributed by atoms with Gasteiger partial charge in [0.05, 0.1) is 18.9 Å². The first-order valence-corrected chi connectivity index (χ1v) is 13.5. The Balaban J connectivity index is 1.80. The fraction of sp³-hybridized carbons (Fsp3) is 0.259. The molecule has 0 radical (unpaired) electrons. The summed E-state index contributed by atoms with van der Waals surface area (Å²) < 4.78 is 27.0. The Morgan fingerprint density at radius 1 is 0.844 bits per heavy atom. The van der Waals surface area contributed by atoms with E-state index in [1.54, 1.807) is 11.3 Å². The second-order valence-corrected chi connectivity index (χ2v) is 11.1. The van der Waals surface area contributed by atoms with E-state index in [0.717, 1.165) is 21.6 Å². The number of thiophene rings is 1. The highest BCUT2D eigenvalue weighted by atomic mass is 32.1. The van der Waals surface area contributed by atoms with E-state index in [4.69, 9.17) is 9.05 Å². The SMILES string of the molecule is CCOP(=O)(OCC)C(Cc1cccc(-c2ccccc2)c1)c1sc2ccccc2c1C. The third-order valence-electron chi connectivity index (χ3n) is 5.65. The third-order valence-corrected chi connectivity index (χ3v) is 9.65. The van der Waals surface area contributed by atoms with E-state index in [1.165, 1.54) is 15.6 Å². The Hall–Kier alpha value is -2.23. The Morgan fingerprint density at radius 3 is 2.19 bits per heavy atom. The van der Waals surface area contributed by atoms with Crippen molar-refractivity contribution in [3.05, 3.63) is 94.9 Å². The summed E-state index contributed by atoms with van der Waals surface area (Å²) in [5.74, 6) is 0. The molecule has 1 heterocycles. The van der Waals surface area contributed by atoms with Crippen LogP contribution in [0.5, 0.6) is 0 Å². The molecule has 3 nitrogen and oxygen atoms in total. The Morgan fingerprint density at radius 2 is 1.50 bits per heavy atom. The van der Waals surface area contributed by atoms with Gasteiger partial charge in [-0.25, -0.2) is 0 Å². The molecule has 0 aliphatic heterocycles. The van der Waals surface area contributed by atoms with Gasteiger partial charge in [0.15, 0.2) is 0 Å². The van der Waals surface area contributed by atoms with E-state index < -0.39 is 7.60 Å². The predicted octanol–water partition coefficient (Wildman–Crippen LogP) is 8.43. The molecule has 0 aliphatic carbocycles. The minimum atomic E-state index is -3.38. The van der Waals surface area contributed by atoms with Crippen molar-refractivity contribution in [2.45, 2.75) is 32.9 Å². The molecule has 3 aromatic carbocycles. The van der Waals surface area contributed by atoms with Gasteiger partial charge in [0.1, 0.15) is 0 Å². The molecule has 0 saturated heterocycles. The molecule has 166 valence electrons. The molecule has 0 bridgehead atoms. The summed E-state index contributed by atoms with van der Waals surface area (Å²) in [6.07, 6.45) is 0.589. The van der Waals surface area contributed by atoms with Gasteiger partial charge < -0.3 is 9.05 Å². The summed E-state index contributed by atoms with van der Waals surface area (Å²) in [5.41, 5.74) is 4.24. The molecule has 4 rings (SSSR count). The molecule has 5 heteroatoms. The lowest BCUT2D eigenvalue weighted by Crippen LogP contribution is -2.09. The van der Waals surface area contributed by atoms with Gasteiger partial charge in [-0.05, 0) is 60.9 Å². The Labute approximate surface area is 194 Å². The van der Waals surface area contributed by atoms with Crippen LogP contribution in [0.15, 0.2) is 78.9 Å². The van der Waals surface area contributed by atoms with Crippen molar-refractivity contribution in [1.82, 2.24) is 0 Å². The van der Waals surface area contributed by atoms with E-state index in [2.05, 4.69) is 61.5 Å². The highest BCUT2D eigenvalue weighted by Crippen LogP contribution is 2.64. The molecule has 0 N–H and O–H groups in total. The van der Waals surface area contributed by atoms with Gasteiger partial charge >= 0.3 is 7.60 Å². The fourth-order valence-corrected chi connectivity index (χ4v) is 7.98. The molecule has 0 aliphatic rings. The second kappa shape index (κ2) is 10.1. The van der Waals surface area contributed by atoms with Crippen LogP contribution in [-0.4, -0.2) is 13.2 Å². The van der Waals surface area contributed by atoms with Crippen molar-refractivity contribution in [1.29, 1.82) is 0 Å². The van der Waals surface area contributed by atoms with Crippen LogP contribution < -0.4 is 0 Å². The quantitative estimate of drug-likeness (QED) is 0.233. The van der Waals surface area contributed by atoms with Gasteiger partial charge in [0.2, 0.25) is 0 Å². The predicted molar refractivity (Wildman–Crippen MR) is 136 cm³/mol. The standard InChI is InChI=1S/C27H29O3PS/c1-4-29-31(28,30-5-2)25(27-20(3)24-16-9-10-17-26(24)32-27)19-21-12-11-15-23(18-21)22-13-7-6-8-14-22/h6-18,25H,4-5,19H2,1-3H3. The van der Waals surface area contributed by atoms with Crippen molar-refractivity contribution in [2.75, 3.05) is 13.2 Å². The van der Waals surface area contributed by atoms with Crippen LogP contribution in [0.3, 0.4) is 0 Å². The van der Waals surface area contributed by atoms with Crippen LogP contribution in [0, 0.1) is 6.92 Å². The normalized spacial score (nSPS) is 12.8. The van der Waals surface area contributed by atoms with Gasteiger partial charge in [0, 0.05) is 9.58 Å². The van der Waals surface area contributed by atoms with E-state index in [1.807, 2.05) is 38.1 Å². The van der Waals surface area contributed by atoms with Crippen molar-refractivity contribution in [2.24, 2.45) is 0 Å². The van der Waals surface area contributed by atoms with Crippen LogP contribution in [0.4, 0.5) is 0 Å². The van der Waals surface area contributed by atoms with Crippen LogP contribution >= 0.6 is 18.9 Å². The average molecular weight is 465 g/mol. The lowest BCUT2D eigenvalue weighted by Gasteiger charge is -2.26. The van der Waals surface area contributed by atoms with E-state index in [9.17, 15) is 4.57 Å². The first kappa shape index (κ1) is 22.9. The highest BCUT2D eigenvalue weighted by Gasteiger charge is 2.39. The van der Waals surface area contributed by atoms with Crippen LogP contribution in [0.1, 0.15) is 35.5 Å². The first-order chi connectivity index (χ1) is 15.6. The van der Waals surface area contributed by atoms with Gasteiger partial charge in [0.25, 0.3) is 0 Å². The van der Waals surface area contributed by atoms with Crippen LogP contribution in [-0.2, 0) is 20.0 Å². The summed E-state index contributed by atoms with van der Waals surface area (Å²) in [5, 5.41) is 1.20. The van der Waals surface area contributed by atoms with E-state index in [-0.39, 0.29) is 5.66 Å². The molecular weight excluding hydrogens is 435 g/mol. The summed E-state index contributed by atoms with van der Waals surface area (Å²) in [7, 11) is -3.38.